The molecule has 6 atom stereocenters. The Balaban J connectivity index is 1.46. The molecule has 208 valence electrons. The summed E-state index contributed by atoms with van der Waals surface area (Å²) in [7, 11) is 6.56. The van der Waals surface area contributed by atoms with Crippen LogP contribution in [0.2, 0.25) is 0 Å². The Labute approximate surface area is 248 Å². The summed E-state index contributed by atoms with van der Waals surface area (Å²) in [5, 5.41) is -0.402. The van der Waals surface area contributed by atoms with Gasteiger partial charge in [-0.2, -0.15) is 0 Å². The molecule has 5 aliphatic carbocycles. The van der Waals surface area contributed by atoms with Gasteiger partial charge in [0, 0.05) is 29.7 Å². The van der Waals surface area contributed by atoms with Gasteiger partial charge in [-0.15, -0.1) is 18.5 Å². The average molecular weight is 575 g/mol. The fourth-order valence-electron chi connectivity index (χ4n) is 9.95. The van der Waals surface area contributed by atoms with Crippen molar-refractivity contribution in [1.29, 1.82) is 0 Å². The highest BCUT2D eigenvalue weighted by Gasteiger charge is 2.61. The van der Waals surface area contributed by atoms with Gasteiger partial charge in [-0.3, -0.25) is 0 Å². The van der Waals surface area contributed by atoms with Crippen molar-refractivity contribution in [1.82, 2.24) is 9.97 Å². The lowest BCUT2D eigenvalue weighted by Crippen LogP contribution is -2.55. The number of H-pyrrole nitrogens is 2. The molecule has 2 aromatic carbocycles. The maximum atomic E-state index is 3.66. The van der Waals surface area contributed by atoms with Gasteiger partial charge in [0.05, 0.1) is 5.16 Å². The average Bonchev–Trinajstić information content (AvgIpc) is 3.79. The zero-order valence-corrected chi connectivity index (χ0v) is 25.9. The number of benzene rings is 2. The summed E-state index contributed by atoms with van der Waals surface area (Å²) >= 11 is 0. The van der Waals surface area contributed by atoms with Crippen LogP contribution in [0.5, 0.6) is 0 Å². The second kappa shape index (κ2) is 9.97. The lowest BCUT2D eigenvalue weighted by atomic mass is 9.42. The molecule has 41 heavy (non-hydrogen) atoms. The van der Waals surface area contributed by atoms with E-state index in [1.54, 1.807) is 5.57 Å². The minimum Gasteiger partial charge on any atom is -0.364 e. The van der Waals surface area contributed by atoms with Crippen molar-refractivity contribution < 1.29 is 0 Å². The van der Waals surface area contributed by atoms with Gasteiger partial charge in [0.25, 0.3) is 0 Å². The van der Waals surface area contributed by atoms with Crippen LogP contribution in [0.3, 0.4) is 0 Å². The van der Waals surface area contributed by atoms with Crippen molar-refractivity contribution in [3.05, 3.63) is 137 Å². The predicted molar refractivity (Wildman–Crippen MR) is 177 cm³/mol. The standard InChI is InChI=1S/C37H40N2P2/c40-23-31-28-18-24-17-25(19-28)22-36(31,21-24)35-30(37(41,32-13-7-15-38-32)33-14-8-16-39-33)20-29(26-9-3-1-4-10-26)34(35)27-11-5-2-6-12-27/h1-16,20,24-25,28,31,34,38-39H,17-19,21-23,40-41H2. The molecular formula is C37H40N2P2. The first-order chi connectivity index (χ1) is 20.1. The van der Waals surface area contributed by atoms with Crippen molar-refractivity contribution in [2.45, 2.75) is 43.2 Å². The van der Waals surface area contributed by atoms with E-state index in [4.69, 9.17) is 0 Å². The van der Waals surface area contributed by atoms with Crippen molar-refractivity contribution in [3.63, 3.8) is 0 Å². The van der Waals surface area contributed by atoms with E-state index < -0.39 is 5.16 Å². The summed E-state index contributed by atoms with van der Waals surface area (Å²) in [5.41, 5.74) is 10.1. The van der Waals surface area contributed by atoms with Crippen LogP contribution in [-0.2, 0) is 5.16 Å². The molecule has 2 heterocycles. The third kappa shape index (κ3) is 3.90. The minimum absolute atomic E-state index is 0.209. The SMILES string of the molecule is PCC1C2CC3CC(C2)CC1(C1=C(C(P)(c2ccc[nH]2)c2ccc[nH]2)C=C(c2ccccc2)C1c1ccccc1)C3. The van der Waals surface area contributed by atoms with Crippen LogP contribution in [0.25, 0.3) is 5.57 Å². The number of hydrogen-bond acceptors (Lipinski definition) is 0. The van der Waals surface area contributed by atoms with Crippen molar-refractivity contribution in [2.75, 3.05) is 6.16 Å². The highest BCUT2D eigenvalue weighted by molar-refractivity contribution is 7.19. The molecule has 4 heteroatoms. The number of aromatic amines is 2. The highest BCUT2D eigenvalue weighted by Crippen LogP contribution is 2.71. The van der Waals surface area contributed by atoms with E-state index in [1.807, 2.05) is 0 Å². The Kier molecular flexibility index (Phi) is 6.32. The van der Waals surface area contributed by atoms with Crippen molar-refractivity contribution in [2.24, 2.45) is 29.1 Å². The minimum atomic E-state index is -0.402. The normalized spacial score (nSPS) is 30.7. The van der Waals surface area contributed by atoms with Gasteiger partial charge in [-0.1, -0.05) is 66.7 Å². The smallest absolute Gasteiger partial charge is 0.0889 e. The number of allylic oxidation sites excluding steroid dienone is 4. The Morgan fingerprint density at radius 3 is 1.93 bits per heavy atom. The number of aromatic nitrogens is 2. The molecule has 6 unspecified atom stereocenters. The van der Waals surface area contributed by atoms with Crippen molar-refractivity contribution in [3.8, 4) is 0 Å². The first-order valence-electron chi connectivity index (χ1n) is 15.5. The fraction of sp³-hybridized carbons (Fsp3) is 0.351. The molecule has 2 aromatic heterocycles. The summed E-state index contributed by atoms with van der Waals surface area (Å²) in [6.07, 6.45) is 15.0. The summed E-state index contributed by atoms with van der Waals surface area (Å²) in [5.74, 6) is 3.53. The van der Waals surface area contributed by atoms with Crippen LogP contribution in [0.4, 0.5) is 0 Å². The molecule has 0 radical (unpaired) electrons. The quantitative estimate of drug-likeness (QED) is 0.207. The Hall–Kier alpha value is -2.66. The zero-order chi connectivity index (χ0) is 27.6. The second-order valence-corrected chi connectivity index (χ2v) is 14.6. The molecule has 0 spiro atoms. The van der Waals surface area contributed by atoms with E-state index in [-0.39, 0.29) is 11.3 Å². The van der Waals surface area contributed by atoms with Gasteiger partial charge in [0.15, 0.2) is 0 Å². The van der Waals surface area contributed by atoms with E-state index in [0.29, 0.717) is 5.92 Å². The van der Waals surface area contributed by atoms with Crippen LogP contribution in [0, 0.1) is 29.1 Å². The summed E-state index contributed by atoms with van der Waals surface area (Å²) in [6, 6.07) is 31.5. The van der Waals surface area contributed by atoms with Gasteiger partial charge >= 0.3 is 0 Å². The van der Waals surface area contributed by atoms with E-state index >= 15 is 0 Å². The molecule has 2 nitrogen and oxygen atoms in total. The van der Waals surface area contributed by atoms with E-state index in [1.165, 1.54) is 71.9 Å². The highest BCUT2D eigenvalue weighted by atomic mass is 31.0. The fourth-order valence-corrected chi connectivity index (χ4v) is 11.4. The Bertz CT molecular complexity index is 1530. The van der Waals surface area contributed by atoms with Crippen molar-refractivity contribution >= 4 is 24.1 Å². The topological polar surface area (TPSA) is 31.6 Å². The lowest BCUT2D eigenvalue weighted by Gasteiger charge is -2.63. The van der Waals surface area contributed by atoms with E-state index in [2.05, 4.69) is 132 Å². The molecule has 0 aliphatic heterocycles. The summed E-state index contributed by atoms with van der Waals surface area (Å²) in [6.45, 7) is 0. The van der Waals surface area contributed by atoms with E-state index in [9.17, 15) is 0 Å². The van der Waals surface area contributed by atoms with Gasteiger partial charge in [-0.25, -0.2) is 0 Å². The predicted octanol–water partition coefficient (Wildman–Crippen LogP) is 8.96. The van der Waals surface area contributed by atoms with E-state index in [0.717, 1.165) is 17.8 Å². The molecule has 4 bridgehead atoms. The first kappa shape index (κ1) is 26.0. The molecule has 4 fully saturated rings. The molecular weight excluding hydrogens is 534 g/mol. The van der Waals surface area contributed by atoms with Crippen LogP contribution in [0.15, 0.2) is 115 Å². The Morgan fingerprint density at radius 2 is 1.37 bits per heavy atom. The van der Waals surface area contributed by atoms with Gasteiger partial charge in [0.1, 0.15) is 0 Å². The van der Waals surface area contributed by atoms with Crippen LogP contribution in [-0.4, -0.2) is 16.1 Å². The zero-order valence-electron chi connectivity index (χ0n) is 23.6. The number of hydrogen-bond donors (Lipinski definition) is 2. The Morgan fingerprint density at radius 1 is 0.756 bits per heavy atom. The maximum Gasteiger partial charge on any atom is 0.0889 e. The molecule has 4 saturated carbocycles. The molecule has 0 amide bonds. The maximum absolute atomic E-state index is 3.66. The molecule has 9 rings (SSSR count). The van der Waals surface area contributed by atoms with Crippen LogP contribution >= 0.6 is 18.5 Å². The van der Waals surface area contributed by atoms with Gasteiger partial charge in [0.2, 0.25) is 0 Å². The third-order valence-corrected chi connectivity index (χ3v) is 12.7. The number of rotatable bonds is 7. The molecule has 4 aromatic rings. The van der Waals surface area contributed by atoms with Crippen LogP contribution < -0.4 is 0 Å². The third-order valence-electron chi connectivity index (χ3n) is 11.2. The lowest BCUT2D eigenvalue weighted by molar-refractivity contribution is -0.0798. The summed E-state index contributed by atoms with van der Waals surface area (Å²) in [4.78, 5) is 7.33. The molecule has 2 N–H and O–H groups in total. The summed E-state index contributed by atoms with van der Waals surface area (Å²) < 4.78 is 0. The number of nitrogens with one attached hydrogen (secondary N) is 2. The van der Waals surface area contributed by atoms with Gasteiger partial charge < -0.3 is 9.97 Å². The molecule has 5 aliphatic rings. The molecule has 0 saturated heterocycles. The largest absolute Gasteiger partial charge is 0.364 e. The van der Waals surface area contributed by atoms with Gasteiger partial charge in [-0.05, 0) is 119 Å². The second-order valence-electron chi connectivity index (χ2n) is 13.2. The monoisotopic (exact) mass is 574 g/mol. The van der Waals surface area contributed by atoms with Crippen LogP contribution in [0.1, 0.15) is 60.5 Å². The first-order valence-corrected chi connectivity index (χ1v) is 16.8.